The molecule has 27 heavy (non-hydrogen) atoms. The number of hydrogen-bond acceptors (Lipinski definition) is 5. The first kappa shape index (κ1) is 20.2. The molecule has 1 aliphatic rings. The first-order chi connectivity index (χ1) is 12.9. The summed E-state index contributed by atoms with van der Waals surface area (Å²) in [7, 11) is 0. The zero-order chi connectivity index (χ0) is 19.8. The molecule has 2 atom stereocenters. The van der Waals surface area contributed by atoms with Crippen LogP contribution in [0.25, 0.3) is 0 Å². The number of carboxylic acid groups (broad SMARTS) is 1. The van der Waals surface area contributed by atoms with Gasteiger partial charge < -0.3 is 20.5 Å². The molecular formula is C18H23N3O6. The molecule has 0 spiro atoms. The Morgan fingerprint density at radius 1 is 1.30 bits per heavy atom. The average Bonchev–Trinajstić information content (AvgIpc) is 2.93. The quantitative estimate of drug-likeness (QED) is 0.442. The van der Waals surface area contributed by atoms with Gasteiger partial charge in [-0.25, -0.2) is 19.3 Å². The van der Waals surface area contributed by atoms with Gasteiger partial charge in [-0.05, 0) is 24.8 Å². The van der Waals surface area contributed by atoms with Crippen LogP contribution in [0.5, 0.6) is 0 Å². The van der Waals surface area contributed by atoms with Crippen LogP contribution in [-0.2, 0) is 20.9 Å². The highest BCUT2D eigenvalue weighted by atomic mass is 16.5. The summed E-state index contributed by atoms with van der Waals surface area (Å²) < 4.78 is 5.07. The number of nitrogens with zero attached hydrogens (tertiary/aromatic N) is 1. The van der Waals surface area contributed by atoms with E-state index in [1.165, 1.54) is 0 Å². The number of benzene rings is 1. The fourth-order valence-corrected chi connectivity index (χ4v) is 2.78. The minimum Gasteiger partial charge on any atom is -0.480 e. The molecule has 1 aliphatic heterocycles. The molecule has 0 aliphatic carbocycles. The van der Waals surface area contributed by atoms with Crippen LogP contribution in [-0.4, -0.2) is 52.6 Å². The smallest absolute Gasteiger partial charge is 0.407 e. The van der Waals surface area contributed by atoms with Gasteiger partial charge in [-0.15, -0.1) is 0 Å². The summed E-state index contributed by atoms with van der Waals surface area (Å²) >= 11 is 0. The molecule has 3 N–H and O–H groups in total. The molecule has 0 saturated carbocycles. The second-order valence-corrected chi connectivity index (χ2v) is 6.10. The summed E-state index contributed by atoms with van der Waals surface area (Å²) in [6.45, 7) is 2.02. The molecule has 1 saturated heterocycles. The molecule has 9 heteroatoms. The summed E-state index contributed by atoms with van der Waals surface area (Å²) in [6, 6.07) is 6.59. The molecular weight excluding hydrogens is 354 g/mol. The van der Waals surface area contributed by atoms with Crippen molar-refractivity contribution in [1.82, 2.24) is 15.5 Å². The number of nitrogens with one attached hydrogen (secondary N) is 2. The fourth-order valence-electron chi connectivity index (χ4n) is 2.78. The van der Waals surface area contributed by atoms with E-state index in [2.05, 4.69) is 10.6 Å². The van der Waals surface area contributed by atoms with E-state index >= 15 is 0 Å². The van der Waals surface area contributed by atoms with E-state index in [4.69, 9.17) is 9.84 Å². The van der Waals surface area contributed by atoms with Crippen LogP contribution in [0, 0.1) is 0 Å². The van der Waals surface area contributed by atoms with Crippen molar-refractivity contribution >= 4 is 24.0 Å². The Hall–Kier alpha value is -3.10. The van der Waals surface area contributed by atoms with E-state index in [-0.39, 0.29) is 26.0 Å². The van der Waals surface area contributed by atoms with Gasteiger partial charge in [-0.2, -0.15) is 0 Å². The first-order valence-corrected chi connectivity index (χ1v) is 8.75. The summed E-state index contributed by atoms with van der Waals surface area (Å²) in [4.78, 5) is 47.8. The molecule has 9 nitrogen and oxygen atoms in total. The normalized spacial score (nSPS) is 17.4. The van der Waals surface area contributed by atoms with Crippen LogP contribution in [0.2, 0.25) is 0 Å². The molecule has 146 valence electrons. The van der Waals surface area contributed by atoms with Crippen LogP contribution < -0.4 is 10.6 Å². The molecule has 1 fully saturated rings. The standard InChI is InChI=1S/C18H23N3O6/c1-2-14(16(23)24)21-15(22)13(20-17(21)25)9-6-10-19-18(26)27-11-12-7-4-3-5-8-12/h3-5,7-8,13-14H,2,6,9-11H2,1H3,(H,19,26)(H,20,25)(H,23,24)/t13-,14?/m0/s1. The van der Waals surface area contributed by atoms with Gasteiger partial charge in [0.1, 0.15) is 18.7 Å². The molecule has 1 unspecified atom stereocenters. The summed E-state index contributed by atoms with van der Waals surface area (Å²) in [5.41, 5.74) is 0.871. The number of aliphatic carboxylic acids is 1. The fraction of sp³-hybridized carbons (Fsp3) is 0.444. The third-order valence-electron chi connectivity index (χ3n) is 4.19. The molecule has 2 rings (SSSR count). The predicted octanol–water partition coefficient (Wildman–Crippen LogP) is 1.48. The number of imide groups is 1. The first-order valence-electron chi connectivity index (χ1n) is 8.75. The van der Waals surface area contributed by atoms with E-state index in [1.54, 1.807) is 6.92 Å². The lowest BCUT2D eigenvalue weighted by molar-refractivity contribution is -0.146. The molecule has 1 aromatic rings. The molecule has 0 aromatic heterocycles. The maximum absolute atomic E-state index is 12.3. The number of carboxylic acids is 1. The van der Waals surface area contributed by atoms with Gasteiger partial charge in [-0.1, -0.05) is 37.3 Å². The van der Waals surface area contributed by atoms with Crippen LogP contribution in [0.1, 0.15) is 31.7 Å². The minimum absolute atomic E-state index is 0.135. The molecule has 1 heterocycles. The Balaban J connectivity index is 1.71. The van der Waals surface area contributed by atoms with Crippen molar-refractivity contribution < 1.29 is 29.0 Å². The van der Waals surface area contributed by atoms with Crippen molar-refractivity contribution in [2.24, 2.45) is 0 Å². The Morgan fingerprint density at radius 2 is 2.00 bits per heavy atom. The van der Waals surface area contributed by atoms with Crippen molar-refractivity contribution in [2.75, 3.05) is 6.54 Å². The van der Waals surface area contributed by atoms with Crippen molar-refractivity contribution in [3.05, 3.63) is 35.9 Å². The number of ether oxygens (including phenoxy) is 1. The summed E-state index contributed by atoms with van der Waals surface area (Å²) in [5.74, 6) is -1.77. The molecule has 0 bridgehead atoms. The van der Waals surface area contributed by atoms with Crippen LogP contribution >= 0.6 is 0 Å². The second-order valence-electron chi connectivity index (χ2n) is 6.10. The number of hydrogen-bond donors (Lipinski definition) is 3. The number of carbonyl (C=O) groups excluding carboxylic acids is 3. The molecule has 0 radical (unpaired) electrons. The van der Waals surface area contributed by atoms with Gasteiger partial charge in [0.2, 0.25) is 0 Å². The lowest BCUT2D eigenvalue weighted by Crippen LogP contribution is -2.45. The van der Waals surface area contributed by atoms with Gasteiger partial charge in [0, 0.05) is 6.54 Å². The maximum Gasteiger partial charge on any atom is 0.407 e. The van der Waals surface area contributed by atoms with E-state index in [0.29, 0.717) is 6.42 Å². The monoisotopic (exact) mass is 377 g/mol. The van der Waals surface area contributed by atoms with Crippen molar-refractivity contribution in [3.8, 4) is 0 Å². The van der Waals surface area contributed by atoms with Crippen LogP contribution in [0.15, 0.2) is 30.3 Å². The zero-order valence-corrected chi connectivity index (χ0v) is 15.0. The van der Waals surface area contributed by atoms with Crippen molar-refractivity contribution in [1.29, 1.82) is 0 Å². The number of alkyl carbamates (subject to hydrolysis) is 1. The number of amides is 4. The number of rotatable bonds is 9. The molecule has 1 aromatic carbocycles. The van der Waals surface area contributed by atoms with Gasteiger partial charge in [0.25, 0.3) is 5.91 Å². The van der Waals surface area contributed by atoms with E-state index in [9.17, 15) is 19.2 Å². The van der Waals surface area contributed by atoms with Gasteiger partial charge in [-0.3, -0.25) is 4.79 Å². The highest BCUT2D eigenvalue weighted by Crippen LogP contribution is 2.16. The summed E-state index contributed by atoms with van der Waals surface area (Å²) in [5, 5.41) is 14.2. The lowest BCUT2D eigenvalue weighted by Gasteiger charge is -2.19. The van der Waals surface area contributed by atoms with Gasteiger partial charge in [0.15, 0.2) is 0 Å². The van der Waals surface area contributed by atoms with Crippen molar-refractivity contribution in [2.45, 2.75) is 44.9 Å². The average molecular weight is 377 g/mol. The lowest BCUT2D eigenvalue weighted by atomic mass is 10.1. The molecule has 4 amide bonds. The van der Waals surface area contributed by atoms with Crippen LogP contribution in [0.3, 0.4) is 0 Å². The Labute approximate surface area is 156 Å². The Morgan fingerprint density at radius 3 is 2.63 bits per heavy atom. The zero-order valence-electron chi connectivity index (χ0n) is 15.0. The third kappa shape index (κ3) is 5.44. The predicted molar refractivity (Wildman–Crippen MR) is 94.7 cm³/mol. The van der Waals surface area contributed by atoms with Crippen LogP contribution in [0.4, 0.5) is 9.59 Å². The van der Waals surface area contributed by atoms with E-state index < -0.39 is 36.1 Å². The summed E-state index contributed by atoms with van der Waals surface area (Å²) in [6.07, 6.45) is 0.278. The SMILES string of the molecule is CCC(C(=O)O)N1C(=O)N[C@@H](CCCNC(=O)OCc2ccccc2)C1=O. The maximum atomic E-state index is 12.3. The minimum atomic E-state index is -1.22. The highest BCUT2D eigenvalue weighted by molar-refractivity contribution is 6.06. The van der Waals surface area contributed by atoms with Gasteiger partial charge >= 0.3 is 18.1 Å². The topological polar surface area (TPSA) is 125 Å². The highest BCUT2D eigenvalue weighted by Gasteiger charge is 2.43. The Bertz CT molecular complexity index is 694. The van der Waals surface area contributed by atoms with E-state index in [1.807, 2.05) is 30.3 Å². The second kappa shape index (κ2) is 9.56. The van der Waals surface area contributed by atoms with E-state index in [0.717, 1.165) is 10.5 Å². The Kier molecular flexibility index (Phi) is 7.16. The van der Waals surface area contributed by atoms with Gasteiger partial charge in [0.05, 0.1) is 0 Å². The van der Waals surface area contributed by atoms with Crippen molar-refractivity contribution in [3.63, 3.8) is 0 Å². The number of carbonyl (C=O) groups is 4. The number of urea groups is 1. The third-order valence-corrected chi connectivity index (χ3v) is 4.19. The largest absolute Gasteiger partial charge is 0.480 e.